The molecule has 2 unspecified atom stereocenters. The normalized spacial score (nSPS) is 28.3. The molecule has 2 fully saturated rings. The molecule has 0 spiro atoms. The molecule has 0 amide bonds. The third-order valence-corrected chi connectivity index (χ3v) is 8.56. The first-order valence-corrected chi connectivity index (χ1v) is 11.4. The highest BCUT2D eigenvalue weighted by atomic mass is 32.2. The van der Waals surface area contributed by atoms with Crippen molar-refractivity contribution in [1.29, 1.82) is 0 Å². The van der Waals surface area contributed by atoms with Crippen LogP contribution < -0.4 is 0 Å². The molecule has 0 radical (unpaired) electrons. The molecule has 1 aliphatic carbocycles. The van der Waals surface area contributed by atoms with Crippen molar-refractivity contribution < 1.29 is 18.3 Å². The summed E-state index contributed by atoms with van der Waals surface area (Å²) in [7, 11) is -3.30. The number of sulfonamides is 1. The van der Waals surface area contributed by atoms with Crippen molar-refractivity contribution >= 4 is 26.9 Å². The van der Waals surface area contributed by atoms with Gasteiger partial charge in [0.1, 0.15) is 0 Å². The topological polar surface area (TPSA) is 92.5 Å². The van der Waals surface area contributed by atoms with Gasteiger partial charge in [0.25, 0.3) is 0 Å². The molecular weight excluding hydrogens is 378 g/mol. The second-order valence-corrected chi connectivity index (χ2v) is 10.7. The van der Waals surface area contributed by atoms with Gasteiger partial charge < -0.3 is 5.11 Å². The smallest absolute Gasteiger partial charge is 0.309 e. The molecule has 1 N–H and O–H groups in total. The van der Waals surface area contributed by atoms with Crippen LogP contribution >= 0.6 is 0 Å². The predicted octanol–water partition coefficient (Wildman–Crippen LogP) is 2.53. The van der Waals surface area contributed by atoms with Crippen LogP contribution in [0.15, 0.2) is 24.3 Å². The molecule has 7 nitrogen and oxygen atoms in total. The standard InChI is InChI=1S/C20H27N3O4S/c1-12(2)15-8-19(15)28(26,27)22-10-13(3)18(11-22)23-17-7-5-4-6-14(17)16(21-23)9-20(24)25/h4-7,12-13,15,18-19H,8-11H2,1-3H3,(H,24,25)/t13-,15?,18+,19?/m1/s1. The van der Waals surface area contributed by atoms with Crippen molar-refractivity contribution in [2.75, 3.05) is 13.1 Å². The molecule has 1 saturated carbocycles. The second-order valence-electron chi connectivity index (χ2n) is 8.57. The number of benzene rings is 1. The van der Waals surface area contributed by atoms with E-state index in [4.69, 9.17) is 0 Å². The summed E-state index contributed by atoms with van der Waals surface area (Å²) in [6.07, 6.45) is 0.609. The Morgan fingerprint density at radius 1 is 1.29 bits per heavy atom. The Bertz CT molecular complexity index is 1010. The van der Waals surface area contributed by atoms with E-state index in [9.17, 15) is 18.3 Å². The van der Waals surface area contributed by atoms with E-state index in [0.717, 1.165) is 17.3 Å². The van der Waals surface area contributed by atoms with E-state index < -0.39 is 16.0 Å². The Kier molecular flexibility index (Phi) is 4.74. The minimum absolute atomic E-state index is 0.0986. The highest BCUT2D eigenvalue weighted by Crippen LogP contribution is 2.45. The number of carbonyl (C=O) groups is 1. The molecule has 152 valence electrons. The Balaban J connectivity index is 1.63. The van der Waals surface area contributed by atoms with Crippen LogP contribution in [0.3, 0.4) is 0 Å². The number of carboxylic acids is 1. The Morgan fingerprint density at radius 2 is 2.00 bits per heavy atom. The predicted molar refractivity (Wildman–Crippen MR) is 106 cm³/mol. The molecule has 4 rings (SSSR count). The average Bonchev–Trinajstić information content (AvgIpc) is 3.26. The van der Waals surface area contributed by atoms with Crippen molar-refractivity contribution in [3.05, 3.63) is 30.0 Å². The number of hydrogen-bond donors (Lipinski definition) is 1. The lowest BCUT2D eigenvalue weighted by atomic mass is 10.1. The van der Waals surface area contributed by atoms with Gasteiger partial charge in [-0.1, -0.05) is 39.0 Å². The Labute approximate surface area is 165 Å². The molecule has 1 aromatic carbocycles. The van der Waals surface area contributed by atoms with Gasteiger partial charge in [-0.05, 0) is 30.2 Å². The van der Waals surface area contributed by atoms with Crippen LogP contribution in [-0.2, 0) is 21.2 Å². The highest BCUT2D eigenvalue weighted by molar-refractivity contribution is 7.90. The Hall–Kier alpha value is -1.93. The fourth-order valence-electron chi connectivity index (χ4n) is 4.54. The lowest BCUT2D eigenvalue weighted by Gasteiger charge is -2.18. The maximum absolute atomic E-state index is 13.1. The number of para-hydroxylation sites is 1. The maximum atomic E-state index is 13.1. The van der Waals surface area contributed by atoms with Crippen molar-refractivity contribution in [2.24, 2.45) is 17.8 Å². The van der Waals surface area contributed by atoms with Crippen molar-refractivity contribution in [1.82, 2.24) is 14.1 Å². The van der Waals surface area contributed by atoms with E-state index in [1.165, 1.54) is 0 Å². The van der Waals surface area contributed by atoms with Crippen LogP contribution in [0.5, 0.6) is 0 Å². The van der Waals surface area contributed by atoms with Gasteiger partial charge >= 0.3 is 5.97 Å². The van der Waals surface area contributed by atoms with E-state index in [2.05, 4.69) is 18.9 Å². The first-order chi connectivity index (χ1) is 13.2. The molecule has 2 aromatic rings. The number of aliphatic carboxylic acids is 1. The van der Waals surface area contributed by atoms with Crippen LogP contribution in [0.4, 0.5) is 0 Å². The zero-order valence-electron chi connectivity index (χ0n) is 16.4. The summed E-state index contributed by atoms with van der Waals surface area (Å²) in [6, 6.07) is 7.47. The van der Waals surface area contributed by atoms with Gasteiger partial charge in [0.2, 0.25) is 10.0 Å². The monoisotopic (exact) mass is 405 g/mol. The van der Waals surface area contributed by atoms with E-state index in [1.54, 1.807) is 4.31 Å². The molecule has 1 saturated heterocycles. The minimum Gasteiger partial charge on any atom is -0.481 e. The van der Waals surface area contributed by atoms with E-state index in [-0.39, 0.29) is 29.5 Å². The minimum atomic E-state index is -3.30. The summed E-state index contributed by atoms with van der Waals surface area (Å²) in [4.78, 5) is 11.2. The van der Waals surface area contributed by atoms with Crippen LogP contribution in [-0.4, -0.2) is 51.9 Å². The van der Waals surface area contributed by atoms with Crippen LogP contribution in [0.25, 0.3) is 10.9 Å². The summed E-state index contributed by atoms with van der Waals surface area (Å²) in [6.45, 7) is 7.07. The molecule has 28 heavy (non-hydrogen) atoms. The van der Waals surface area contributed by atoms with Gasteiger partial charge in [-0.15, -0.1) is 0 Å². The first kappa shape index (κ1) is 19.4. The summed E-state index contributed by atoms with van der Waals surface area (Å²) in [5.41, 5.74) is 1.39. The molecule has 4 atom stereocenters. The molecule has 2 aliphatic rings. The number of aromatic nitrogens is 2. The van der Waals surface area contributed by atoms with E-state index in [0.29, 0.717) is 24.7 Å². The largest absolute Gasteiger partial charge is 0.481 e. The van der Waals surface area contributed by atoms with Crippen molar-refractivity contribution in [3.8, 4) is 0 Å². The van der Waals surface area contributed by atoms with Crippen molar-refractivity contribution in [2.45, 2.75) is 44.9 Å². The quantitative estimate of drug-likeness (QED) is 0.797. The van der Waals surface area contributed by atoms with Crippen LogP contribution in [0.2, 0.25) is 0 Å². The fraction of sp³-hybridized carbons (Fsp3) is 0.600. The number of carboxylic acid groups (broad SMARTS) is 1. The van der Waals surface area contributed by atoms with Gasteiger partial charge in [-0.2, -0.15) is 9.40 Å². The third kappa shape index (κ3) is 3.22. The SMILES string of the molecule is CC(C)C1CC1S(=O)(=O)N1C[C@@H](C)[C@@H](n2nc(CC(=O)O)c3ccccc32)C1. The Morgan fingerprint density at radius 3 is 2.64 bits per heavy atom. The summed E-state index contributed by atoms with van der Waals surface area (Å²) < 4.78 is 29.6. The molecule has 8 heteroatoms. The maximum Gasteiger partial charge on any atom is 0.309 e. The fourth-order valence-corrected chi connectivity index (χ4v) is 6.95. The van der Waals surface area contributed by atoms with Crippen molar-refractivity contribution in [3.63, 3.8) is 0 Å². The zero-order valence-corrected chi connectivity index (χ0v) is 17.3. The molecular formula is C20H27N3O4S. The lowest BCUT2D eigenvalue weighted by Crippen LogP contribution is -2.33. The number of fused-ring (bicyclic) bond motifs is 1. The highest BCUT2D eigenvalue weighted by Gasteiger charge is 2.53. The van der Waals surface area contributed by atoms with Gasteiger partial charge in [0, 0.05) is 18.5 Å². The van der Waals surface area contributed by atoms with Gasteiger partial charge in [-0.25, -0.2) is 8.42 Å². The molecule has 1 aliphatic heterocycles. The first-order valence-electron chi connectivity index (χ1n) is 9.87. The molecule has 1 aromatic heterocycles. The van der Waals surface area contributed by atoms with Gasteiger partial charge in [0.05, 0.1) is 28.9 Å². The molecule has 2 heterocycles. The summed E-state index contributed by atoms with van der Waals surface area (Å²) >= 11 is 0. The van der Waals surface area contributed by atoms with Crippen LogP contribution in [0.1, 0.15) is 38.9 Å². The van der Waals surface area contributed by atoms with Gasteiger partial charge in [0.15, 0.2) is 0 Å². The number of nitrogens with zero attached hydrogens (tertiary/aromatic N) is 3. The summed E-state index contributed by atoms with van der Waals surface area (Å²) in [5, 5.41) is 14.4. The number of hydrogen-bond acceptors (Lipinski definition) is 4. The zero-order chi connectivity index (χ0) is 20.2. The van der Waals surface area contributed by atoms with E-state index in [1.807, 2.05) is 35.9 Å². The summed E-state index contributed by atoms with van der Waals surface area (Å²) in [5.74, 6) is -0.184. The van der Waals surface area contributed by atoms with Gasteiger partial charge in [-0.3, -0.25) is 9.48 Å². The number of rotatable bonds is 6. The van der Waals surface area contributed by atoms with E-state index >= 15 is 0 Å². The van der Waals surface area contributed by atoms with Crippen LogP contribution in [0, 0.1) is 17.8 Å². The second kappa shape index (κ2) is 6.84. The third-order valence-electron chi connectivity index (χ3n) is 6.24. The lowest BCUT2D eigenvalue weighted by molar-refractivity contribution is -0.136. The average molecular weight is 406 g/mol. The molecule has 0 bridgehead atoms.